The molecule has 3 aromatic rings. The summed E-state index contributed by atoms with van der Waals surface area (Å²) in [6.07, 6.45) is 1.46. The Hall–Kier alpha value is -2.82. The van der Waals surface area contributed by atoms with Crippen molar-refractivity contribution in [2.75, 3.05) is 18.4 Å². The largest absolute Gasteiger partial charge is 0.426 e. The number of thiazole rings is 1. The van der Waals surface area contributed by atoms with Crippen LogP contribution in [0.2, 0.25) is 0 Å². The van der Waals surface area contributed by atoms with Crippen molar-refractivity contribution >= 4 is 48.6 Å². The number of fused-ring (bicyclic) bond motifs is 1. The Labute approximate surface area is 191 Å². The van der Waals surface area contributed by atoms with E-state index in [-0.39, 0.29) is 16.2 Å². The van der Waals surface area contributed by atoms with E-state index in [0.717, 1.165) is 12.8 Å². The van der Waals surface area contributed by atoms with Gasteiger partial charge in [0.15, 0.2) is 5.13 Å². The van der Waals surface area contributed by atoms with Crippen LogP contribution in [-0.4, -0.2) is 42.7 Å². The molecule has 0 saturated heterocycles. The van der Waals surface area contributed by atoms with Crippen LogP contribution in [0.25, 0.3) is 10.2 Å². The molecular weight excluding hydrogens is 450 g/mol. The molecule has 0 aliphatic carbocycles. The molecule has 32 heavy (non-hydrogen) atoms. The number of ether oxygens (including phenoxy) is 1. The lowest BCUT2D eigenvalue weighted by Crippen LogP contribution is -2.32. The van der Waals surface area contributed by atoms with Gasteiger partial charge in [-0.25, -0.2) is 13.4 Å². The van der Waals surface area contributed by atoms with E-state index in [1.807, 2.05) is 13.8 Å². The topological polar surface area (TPSA) is 106 Å². The first-order valence-corrected chi connectivity index (χ1v) is 12.5. The smallest absolute Gasteiger partial charge is 0.308 e. The Morgan fingerprint density at radius 1 is 1.09 bits per heavy atom. The number of anilines is 1. The molecular formula is C22H25N3O5S2. The van der Waals surface area contributed by atoms with E-state index in [0.29, 0.717) is 28.4 Å². The molecule has 0 bridgehead atoms. The Balaban J connectivity index is 1.87. The number of nitrogens with one attached hydrogen (secondary N) is 1. The quantitative estimate of drug-likeness (QED) is 0.366. The maximum absolute atomic E-state index is 13.1. The molecule has 0 aliphatic rings. The lowest BCUT2D eigenvalue weighted by Gasteiger charge is -2.20. The van der Waals surface area contributed by atoms with Gasteiger partial charge in [-0.15, -0.1) is 0 Å². The van der Waals surface area contributed by atoms with Gasteiger partial charge in [0, 0.05) is 20.0 Å². The summed E-state index contributed by atoms with van der Waals surface area (Å²) in [5.74, 6) is -0.857. The van der Waals surface area contributed by atoms with Crippen LogP contribution in [0.4, 0.5) is 5.13 Å². The fourth-order valence-corrected chi connectivity index (χ4v) is 5.81. The highest BCUT2D eigenvalue weighted by Crippen LogP contribution is 2.30. The van der Waals surface area contributed by atoms with E-state index in [1.54, 1.807) is 30.3 Å². The molecule has 1 N–H and O–H groups in total. The molecule has 0 fully saturated rings. The van der Waals surface area contributed by atoms with Crippen LogP contribution < -0.4 is 10.1 Å². The number of hydrogen-bond donors (Lipinski definition) is 1. The number of para-hydroxylation sites is 1. The van der Waals surface area contributed by atoms with Crippen molar-refractivity contribution in [1.29, 1.82) is 0 Å². The molecule has 1 aromatic heterocycles. The molecule has 0 radical (unpaired) electrons. The SMILES string of the molecule is CCCN(CCC)S(=O)(=O)c1ccc2nc(NC(=O)c3ccccc3OC(C)=O)sc2c1. The lowest BCUT2D eigenvalue weighted by molar-refractivity contribution is -0.131. The number of rotatable bonds is 9. The van der Waals surface area contributed by atoms with Crippen molar-refractivity contribution in [2.45, 2.75) is 38.5 Å². The number of carbonyl (C=O) groups excluding carboxylic acids is 2. The van der Waals surface area contributed by atoms with Crippen molar-refractivity contribution in [2.24, 2.45) is 0 Å². The standard InChI is InChI=1S/C22H25N3O5S2/c1-4-12-25(13-5-2)32(28,29)16-10-11-18-20(14-16)31-22(23-18)24-21(27)17-8-6-7-9-19(17)30-15(3)26/h6-11,14H,4-5,12-13H2,1-3H3,(H,23,24,27). The first-order chi connectivity index (χ1) is 15.3. The summed E-state index contributed by atoms with van der Waals surface area (Å²) in [5, 5.41) is 3.02. The van der Waals surface area contributed by atoms with Gasteiger partial charge in [0.25, 0.3) is 5.91 Å². The number of aromatic nitrogens is 1. The summed E-state index contributed by atoms with van der Waals surface area (Å²) in [6, 6.07) is 11.2. The minimum atomic E-state index is -3.61. The third kappa shape index (κ3) is 5.32. The van der Waals surface area contributed by atoms with Gasteiger partial charge in [0.2, 0.25) is 10.0 Å². The number of nitrogens with zero attached hydrogens (tertiary/aromatic N) is 2. The van der Waals surface area contributed by atoms with E-state index in [9.17, 15) is 18.0 Å². The fourth-order valence-electron chi connectivity index (χ4n) is 3.18. The molecule has 0 atom stereocenters. The molecule has 170 valence electrons. The lowest BCUT2D eigenvalue weighted by atomic mass is 10.2. The van der Waals surface area contributed by atoms with Crippen LogP contribution >= 0.6 is 11.3 Å². The molecule has 0 unspecified atom stereocenters. The van der Waals surface area contributed by atoms with Crippen LogP contribution in [0.5, 0.6) is 5.75 Å². The summed E-state index contributed by atoms with van der Waals surface area (Å²) < 4.78 is 33.3. The predicted molar refractivity (Wildman–Crippen MR) is 125 cm³/mol. The first kappa shape index (κ1) is 23.8. The van der Waals surface area contributed by atoms with Crippen molar-refractivity contribution < 1.29 is 22.7 Å². The molecule has 8 nitrogen and oxygen atoms in total. The van der Waals surface area contributed by atoms with Gasteiger partial charge in [0.05, 0.1) is 20.7 Å². The Bertz CT molecular complexity index is 1230. The molecule has 1 heterocycles. The highest BCUT2D eigenvalue weighted by Gasteiger charge is 2.24. The molecule has 0 spiro atoms. The highest BCUT2D eigenvalue weighted by atomic mass is 32.2. The van der Waals surface area contributed by atoms with Gasteiger partial charge >= 0.3 is 5.97 Å². The number of carbonyl (C=O) groups is 2. The van der Waals surface area contributed by atoms with E-state index in [2.05, 4.69) is 10.3 Å². The zero-order valence-electron chi connectivity index (χ0n) is 18.1. The van der Waals surface area contributed by atoms with Gasteiger partial charge in [-0.05, 0) is 43.2 Å². The van der Waals surface area contributed by atoms with E-state index < -0.39 is 21.9 Å². The summed E-state index contributed by atoms with van der Waals surface area (Å²) >= 11 is 1.17. The second kappa shape index (κ2) is 10.2. The number of hydrogen-bond acceptors (Lipinski definition) is 7. The number of amides is 1. The summed E-state index contributed by atoms with van der Waals surface area (Å²) in [4.78, 5) is 28.6. The monoisotopic (exact) mass is 475 g/mol. The maximum Gasteiger partial charge on any atom is 0.308 e. The van der Waals surface area contributed by atoms with Crippen molar-refractivity contribution in [3.8, 4) is 5.75 Å². The first-order valence-electron chi connectivity index (χ1n) is 10.3. The van der Waals surface area contributed by atoms with Crippen LogP contribution in [0.3, 0.4) is 0 Å². The van der Waals surface area contributed by atoms with Crippen molar-refractivity contribution in [3.05, 3.63) is 48.0 Å². The summed E-state index contributed by atoms with van der Waals surface area (Å²) in [6.45, 7) is 6.06. The van der Waals surface area contributed by atoms with Crippen LogP contribution in [-0.2, 0) is 14.8 Å². The molecule has 2 aromatic carbocycles. The van der Waals surface area contributed by atoms with Gasteiger partial charge in [-0.3, -0.25) is 14.9 Å². The number of benzene rings is 2. The third-order valence-electron chi connectivity index (χ3n) is 4.55. The second-order valence-electron chi connectivity index (χ2n) is 7.10. The third-order valence-corrected chi connectivity index (χ3v) is 7.38. The maximum atomic E-state index is 13.1. The second-order valence-corrected chi connectivity index (χ2v) is 10.1. The van der Waals surface area contributed by atoms with E-state index in [4.69, 9.17) is 4.74 Å². The number of sulfonamides is 1. The molecule has 3 rings (SSSR count). The Morgan fingerprint density at radius 3 is 2.44 bits per heavy atom. The fraction of sp³-hybridized carbons (Fsp3) is 0.318. The van der Waals surface area contributed by atoms with Gasteiger partial charge < -0.3 is 4.74 Å². The van der Waals surface area contributed by atoms with E-state index >= 15 is 0 Å². The van der Waals surface area contributed by atoms with Crippen molar-refractivity contribution in [1.82, 2.24) is 9.29 Å². The average Bonchev–Trinajstić information content (AvgIpc) is 3.15. The molecule has 0 aliphatic heterocycles. The zero-order valence-corrected chi connectivity index (χ0v) is 19.8. The predicted octanol–water partition coefficient (Wildman–Crippen LogP) is 4.28. The normalized spacial score (nSPS) is 11.6. The molecule has 0 saturated carbocycles. The molecule has 10 heteroatoms. The van der Waals surface area contributed by atoms with Gasteiger partial charge in [0.1, 0.15) is 5.75 Å². The van der Waals surface area contributed by atoms with Crippen molar-refractivity contribution in [3.63, 3.8) is 0 Å². The number of esters is 1. The van der Waals surface area contributed by atoms with Crippen LogP contribution in [0, 0.1) is 0 Å². The minimum Gasteiger partial charge on any atom is -0.426 e. The highest BCUT2D eigenvalue weighted by molar-refractivity contribution is 7.89. The average molecular weight is 476 g/mol. The minimum absolute atomic E-state index is 0.152. The Kier molecular flexibility index (Phi) is 7.60. The van der Waals surface area contributed by atoms with Crippen LogP contribution in [0.1, 0.15) is 44.0 Å². The summed E-state index contributed by atoms with van der Waals surface area (Å²) in [5.41, 5.74) is 0.773. The van der Waals surface area contributed by atoms with Gasteiger partial charge in [-0.1, -0.05) is 37.3 Å². The zero-order chi connectivity index (χ0) is 23.3. The summed E-state index contributed by atoms with van der Waals surface area (Å²) in [7, 11) is -3.61. The van der Waals surface area contributed by atoms with Gasteiger partial charge in [-0.2, -0.15) is 4.31 Å². The molecule has 1 amide bonds. The van der Waals surface area contributed by atoms with E-state index in [1.165, 1.54) is 34.7 Å². The Morgan fingerprint density at radius 2 is 1.78 bits per heavy atom. The van der Waals surface area contributed by atoms with Crippen LogP contribution in [0.15, 0.2) is 47.4 Å².